The molecule has 86 valence electrons. The molecule has 0 heterocycles. The van der Waals surface area contributed by atoms with Crippen LogP contribution in [0, 0.1) is 0 Å². The van der Waals surface area contributed by atoms with Gasteiger partial charge >= 0.3 is 5.97 Å². The van der Waals surface area contributed by atoms with Crippen LogP contribution in [-0.4, -0.2) is 37.9 Å². The van der Waals surface area contributed by atoms with Crippen LogP contribution in [-0.2, 0) is 23.9 Å². The van der Waals surface area contributed by atoms with Crippen LogP contribution in [0.25, 0.3) is 0 Å². The average Bonchev–Trinajstić information content (AvgIpc) is 2.21. The van der Waals surface area contributed by atoms with Gasteiger partial charge in [-0.2, -0.15) is 0 Å². The molecule has 0 aliphatic heterocycles. The normalized spacial score (nSPS) is 9.67. The number of aldehydes is 1. The molecule has 5 nitrogen and oxygen atoms in total. The standard InChI is InChI=1S/C10H16O5/c1-2-5-15-10(13)7-9(12)8-14-6-3-4-11/h4H,2-3,5-8H2,1H3. The molecule has 0 aliphatic rings. The SMILES string of the molecule is CCCOC(=O)CC(=O)COCCC=O. The maximum absolute atomic E-state index is 11.1. The van der Waals surface area contributed by atoms with Crippen molar-refractivity contribution < 1.29 is 23.9 Å². The number of esters is 1. The number of Topliss-reactive ketones (excluding diaryl/α,β-unsaturated/α-hetero) is 1. The molecule has 0 rings (SSSR count). The van der Waals surface area contributed by atoms with Crippen LogP contribution >= 0.6 is 0 Å². The van der Waals surface area contributed by atoms with Crippen molar-refractivity contribution in [2.45, 2.75) is 26.2 Å². The predicted octanol–water partition coefficient (Wildman–Crippen LogP) is 0.504. The number of carbonyl (C=O) groups is 3. The Morgan fingerprint density at radius 1 is 1.27 bits per heavy atom. The molecule has 15 heavy (non-hydrogen) atoms. The van der Waals surface area contributed by atoms with E-state index >= 15 is 0 Å². The zero-order valence-corrected chi connectivity index (χ0v) is 8.86. The van der Waals surface area contributed by atoms with Crippen LogP contribution in [0.5, 0.6) is 0 Å². The highest BCUT2D eigenvalue weighted by Crippen LogP contribution is 1.92. The van der Waals surface area contributed by atoms with E-state index in [1.165, 1.54) is 0 Å². The van der Waals surface area contributed by atoms with Gasteiger partial charge in [0.2, 0.25) is 0 Å². The Morgan fingerprint density at radius 2 is 2.00 bits per heavy atom. The summed E-state index contributed by atoms with van der Waals surface area (Å²) >= 11 is 0. The summed E-state index contributed by atoms with van der Waals surface area (Å²) < 4.78 is 9.57. The van der Waals surface area contributed by atoms with Gasteiger partial charge in [-0.3, -0.25) is 9.59 Å². The molecule has 0 bridgehead atoms. The molecule has 0 amide bonds. The molecule has 0 spiro atoms. The van der Waals surface area contributed by atoms with Gasteiger partial charge in [0, 0.05) is 6.42 Å². The summed E-state index contributed by atoms with van der Waals surface area (Å²) in [5.41, 5.74) is 0. The lowest BCUT2D eigenvalue weighted by molar-refractivity contribution is -0.147. The number of ether oxygens (including phenoxy) is 2. The highest BCUT2D eigenvalue weighted by atomic mass is 16.5. The fourth-order valence-electron chi connectivity index (χ4n) is 0.796. The first-order chi connectivity index (χ1) is 7.20. The third-order valence-corrected chi connectivity index (χ3v) is 1.45. The van der Waals surface area contributed by atoms with Crippen molar-refractivity contribution in [3.05, 3.63) is 0 Å². The number of hydrogen-bond acceptors (Lipinski definition) is 5. The molecule has 0 aromatic rings. The van der Waals surface area contributed by atoms with E-state index < -0.39 is 5.97 Å². The topological polar surface area (TPSA) is 69.7 Å². The summed E-state index contributed by atoms with van der Waals surface area (Å²) in [6.07, 6.45) is 1.43. The Morgan fingerprint density at radius 3 is 2.60 bits per heavy atom. The Labute approximate surface area is 88.7 Å². The smallest absolute Gasteiger partial charge is 0.313 e. The number of hydrogen-bond donors (Lipinski definition) is 0. The molecular formula is C10H16O5. The van der Waals surface area contributed by atoms with Crippen molar-refractivity contribution in [2.75, 3.05) is 19.8 Å². The van der Waals surface area contributed by atoms with E-state index in [-0.39, 0.29) is 31.8 Å². The van der Waals surface area contributed by atoms with E-state index in [2.05, 4.69) is 0 Å². The molecule has 0 aromatic heterocycles. The zero-order valence-electron chi connectivity index (χ0n) is 8.86. The van der Waals surface area contributed by atoms with E-state index in [4.69, 9.17) is 9.47 Å². The number of ketones is 1. The van der Waals surface area contributed by atoms with Crippen molar-refractivity contribution in [3.63, 3.8) is 0 Å². The third-order valence-electron chi connectivity index (χ3n) is 1.45. The van der Waals surface area contributed by atoms with Crippen molar-refractivity contribution in [2.24, 2.45) is 0 Å². The Kier molecular flexibility index (Phi) is 8.56. The largest absolute Gasteiger partial charge is 0.465 e. The maximum atomic E-state index is 11.1. The van der Waals surface area contributed by atoms with Crippen LogP contribution in [0.15, 0.2) is 0 Å². The summed E-state index contributed by atoms with van der Waals surface area (Å²) in [4.78, 5) is 31.9. The summed E-state index contributed by atoms with van der Waals surface area (Å²) in [6.45, 7) is 2.27. The minimum atomic E-state index is -0.527. The molecule has 0 N–H and O–H groups in total. The second kappa shape index (κ2) is 9.33. The molecular weight excluding hydrogens is 200 g/mol. The lowest BCUT2D eigenvalue weighted by Gasteiger charge is -2.02. The highest BCUT2D eigenvalue weighted by Gasteiger charge is 2.10. The molecule has 0 aromatic carbocycles. The van der Waals surface area contributed by atoms with E-state index in [0.29, 0.717) is 12.9 Å². The van der Waals surface area contributed by atoms with Gasteiger partial charge in [-0.1, -0.05) is 6.92 Å². The van der Waals surface area contributed by atoms with E-state index in [0.717, 1.165) is 6.42 Å². The Hall–Kier alpha value is -1.23. The fraction of sp³-hybridized carbons (Fsp3) is 0.700. The van der Waals surface area contributed by atoms with Crippen LogP contribution in [0.4, 0.5) is 0 Å². The third kappa shape index (κ3) is 9.08. The minimum absolute atomic E-state index is 0.144. The molecule has 0 aliphatic carbocycles. The van der Waals surface area contributed by atoms with Crippen LogP contribution in [0.2, 0.25) is 0 Å². The lowest BCUT2D eigenvalue weighted by Crippen LogP contribution is -2.16. The molecule has 0 saturated carbocycles. The van der Waals surface area contributed by atoms with Crippen LogP contribution in [0.3, 0.4) is 0 Å². The number of carbonyl (C=O) groups excluding carboxylic acids is 3. The van der Waals surface area contributed by atoms with Gasteiger partial charge < -0.3 is 14.3 Å². The summed E-state index contributed by atoms with van der Waals surface area (Å²) in [6, 6.07) is 0. The van der Waals surface area contributed by atoms with Gasteiger partial charge in [-0.15, -0.1) is 0 Å². The lowest BCUT2D eigenvalue weighted by atomic mass is 10.3. The molecule has 0 atom stereocenters. The van der Waals surface area contributed by atoms with Crippen molar-refractivity contribution >= 4 is 18.0 Å². The van der Waals surface area contributed by atoms with E-state index in [1.807, 2.05) is 6.92 Å². The molecule has 5 heteroatoms. The summed E-state index contributed by atoms with van der Waals surface area (Å²) in [5, 5.41) is 0. The molecule has 0 fully saturated rings. The highest BCUT2D eigenvalue weighted by molar-refractivity contribution is 5.96. The van der Waals surface area contributed by atoms with Gasteiger partial charge in [-0.25, -0.2) is 0 Å². The van der Waals surface area contributed by atoms with Gasteiger partial charge in [0.1, 0.15) is 19.3 Å². The first-order valence-electron chi connectivity index (χ1n) is 4.89. The summed E-state index contributed by atoms with van der Waals surface area (Å²) in [5.74, 6) is -0.858. The second-order valence-electron chi connectivity index (χ2n) is 2.94. The van der Waals surface area contributed by atoms with Crippen molar-refractivity contribution in [1.29, 1.82) is 0 Å². The monoisotopic (exact) mass is 216 g/mol. The van der Waals surface area contributed by atoms with Crippen molar-refractivity contribution in [1.82, 2.24) is 0 Å². The Bertz CT molecular complexity index is 212. The quantitative estimate of drug-likeness (QED) is 0.243. The molecule has 0 radical (unpaired) electrons. The fourth-order valence-corrected chi connectivity index (χ4v) is 0.796. The predicted molar refractivity (Wildman–Crippen MR) is 52.4 cm³/mol. The number of rotatable bonds is 9. The second-order valence-corrected chi connectivity index (χ2v) is 2.94. The first-order valence-corrected chi connectivity index (χ1v) is 4.89. The van der Waals surface area contributed by atoms with E-state index in [1.54, 1.807) is 0 Å². The molecule has 0 saturated heterocycles. The van der Waals surface area contributed by atoms with Gasteiger partial charge in [0.15, 0.2) is 5.78 Å². The van der Waals surface area contributed by atoms with Gasteiger partial charge in [0.05, 0.1) is 13.2 Å². The first kappa shape index (κ1) is 13.8. The minimum Gasteiger partial charge on any atom is -0.465 e. The van der Waals surface area contributed by atoms with Gasteiger partial charge in [0.25, 0.3) is 0 Å². The van der Waals surface area contributed by atoms with Crippen LogP contribution < -0.4 is 0 Å². The van der Waals surface area contributed by atoms with Crippen molar-refractivity contribution in [3.8, 4) is 0 Å². The average molecular weight is 216 g/mol. The van der Waals surface area contributed by atoms with E-state index in [9.17, 15) is 14.4 Å². The maximum Gasteiger partial charge on any atom is 0.313 e. The van der Waals surface area contributed by atoms with Gasteiger partial charge in [-0.05, 0) is 6.42 Å². The zero-order chi connectivity index (χ0) is 11.5. The van der Waals surface area contributed by atoms with Crippen LogP contribution in [0.1, 0.15) is 26.2 Å². The molecule has 0 unspecified atom stereocenters. The Balaban J connectivity index is 3.46. The summed E-state index contributed by atoms with van der Waals surface area (Å²) in [7, 11) is 0.